The number of halogens is 2. The summed E-state index contributed by atoms with van der Waals surface area (Å²) in [7, 11) is 0. The molecule has 0 N–H and O–H groups in total. The van der Waals surface area contributed by atoms with Gasteiger partial charge in [0.25, 0.3) is 0 Å². The van der Waals surface area contributed by atoms with E-state index in [1.807, 2.05) is 36.4 Å². The average molecular weight is 501 g/mol. The Kier molecular flexibility index (Phi) is 7.60. The van der Waals surface area contributed by atoms with Gasteiger partial charge in [-0.2, -0.15) is 0 Å². The number of fused-ring (bicyclic) bond motifs is 2. The Balaban J connectivity index is 0.000000155. The summed E-state index contributed by atoms with van der Waals surface area (Å²) in [6.07, 6.45) is 0. The van der Waals surface area contributed by atoms with Gasteiger partial charge in [0.1, 0.15) is 11.6 Å². The third-order valence-corrected chi connectivity index (χ3v) is 7.29. The summed E-state index contributed by atoms with van der Waals surface area (Å²) in [6, 6.07) is 43.2. The van der Waals surface area contributed by atoms with E-state index in [1.165, 1.54) is 56.9 Å². The van der Waals surface area contributed by atoms with E-state index >= 15 is 0 Å². The Hall–Kier alpha value is -4.30. The van der Waals surface area contributed by atoms with E-state index in [9.17, 15) is 8.78 Å². The zero-order valence-corrected chi connectivity index (χ0v) is 21.6. The molecule has 188 valence electrons. The fourth-order valence-electron chi connectivity index (χ4n) is 4.84. The number of benzene rings is 6. The molecule has 0 fully saturated rings. The first-order valence-electron chi connectivity index (χ1n) is 13.0. The van der Waals surface area contributed by atoms with Gasteiger partial charge in [-0.15, -0.1) is 0 Å². The van der Waals surface area contributed by atoms with Crippen LogP contribution in [0.1, 0.15) is 47.9 Å². The first kappa shape index (κ1) is 25.4. The van der Waals surface area contributed by atoms with Crippen LogP contribution in [0.25, 0.3) is 21.5 Å². The molecule has 0 aliphatic carbocycles. The van der Waals surface area contributed by atoms with Gasteiger partial charge in [-0.05, 0) is 68.1 Å². The highest BCUT2D eigenvalue weighted by molar-refractivity contribution is 5.84. The van der Waals surface area contributed by atoms with Crippen LogP contribution in [0.2, 0.25) is 0 Å². The predicted octanol–water partition coefficient (Wildman–Crippen LogP) is 10.3. The Labute approximate surface area is 223 Å². The minimum Gasteiger partial charge on any atom is -0.207 e. The molecular weight excluding hydrogens is 470 g/mol. The van der Waals surface area contributed by atoms with Crippen LogP contribution < -0.4 is 0 Å². The molecule has 0 saturated carbocycles. The fraction of sp³-hybridized carbons (Fsp3) is 0.111. The Bertz CT molecular complexity index is 1520. The van der Waals surface area contributed by atoms with E-state index in [-0.39, 0.29) is 23.5 Å². The molecule has 0 aliphatic heterocycles. The summed E-state index contributed by atoms with van der Waals surface area (Å²) >= 11 is 0. The number of rotatable bonds is 4. The molecular formula is C36H30F2. The molecule has 0 heterocycles. The molecule has 6 aromatic rings. The van der Waals surface area contributed by atoms with Crippen LogP contribution in [-0.4, -0.2) is 0 Å². The maximum atomic E-state index is 13.0. The van der Waals surface area contributed by atoms with Crippen LogP contribution in [-0.2, 0) is 0 Å². The van der Waals surface area contributed by atoms with Crippen LogP contribution >= 0.6 is 0 Å². The van der Waals surface area contributed by atoms with Crippen LogP contribution in [0.4, 0.5) is 8.78 Å². The van der Waals surface area contributed by atoms with Gasteiger partial charge in [0.2, 0.25) is 0 Å². The van der Waals surface area contributed by atoms with E-state index in [4.69, 9.17) is 0 Å². The average Bonchev–Trinajstić information content (AvgIpc) is 2.97. The zero-order chi connectivity index (χ0) is 26.5. The maximum Gasteiger partial charge on any atom is 0.123 e. The highest BCUT2D eigenvalue weighted by Gasteiger charge is 2.10. The van der Waals surface area contributed by atoms with Crippen molar-refractivity contribution in [3.63, 3.8) is 0 Å². The topological polar surface area (TPSA) is 0 Å². The summed E-state index contributed by atoms with van der Waals surface area (Å²) < 4.78 is 25.9. The van der Waals surface area contributed by atoms with Crippen molar-refractivity contribution in [3.8, 4) is 0 Å². The predicted molar refractivity (Wildman–Crippen MR) is 156 cm³/mol. The van der Waals surface area contributed by atoms with Crippen LogP contribution in [0.15, 0.2) is 133 Å². The molecule has 2 heteroatoms. The van der Waals surface area contributed by atoms with Crippen molar-refractivity contribution in [2.75, 3.05) is 0 Å². The fourth-order valence-corrected chi connectivity index (χ4v) is 4.84. The van der Waals surface area contributed by atoms with E-state index in [0.29, 0.717) is 0 Å². The maximum absolute atomic E-state index is 13.0. The van der Waals surface area contributed by atoms with Gasteiger partial charge in [0, 0.05) is 11.8 Å². The molecule has 0 saturated heterocycles. The Morgan fingerprint density at radius 3 is 1.05 bits per heavy atom. The van der Waals surface area contributed by atoms with Gasteiger partial charge in [-0.1, -0.05) is 123 Å². The van der Waals surface area contributed by atoms with Crippen LogP contribution in [0, 0.1) is 11.6 Å². The highest BCUT2D eigenvalue weighted by atomic mass is 19.1. The molecule has 0 aromatic heterocycles. The van der Waals surface area contributed by atoms with Gasteiger partial charge in [-0.3, -0.25) is 0 Å². The smallest absolute Gasteiger partial charge is 0.123 e. The normalized spacial score (nSPS) is 12.5. The molecule has 38 heavy (non-hydrogen) atoms. The van der Waals surface area contributed by atoms with Crippen LogP contribution in [0.3, 0.4) is 0 Å². The lowest BCUT2D eigenvalue weighted by molar-refractivity contribution is 0.626. The monoisotopic (exact) mass is 500 g/mol. The second kappa shape index (κ2) is 11.4. The van der Waals surface area contributed by atoms with E-state index in [0.717, 1.165) is 11.1 Å². The lowest BCUT2D eigenvalue weighted by atomic mass is 9.91. The molecule has 0 radical (unpaired) electrons. The Morgan fingerprint density at radius 1 is 0.368 bits per heavy atom. The minimum atomic E-state index is -0.186. The largest absolute Gasteiger partial charge is 0.207 e. The van der Waals surface area contributed by atoms with Crippen molar-refractivity contribution in [1.29, 1.82) is 0 Å². The van der Waals surface area contributed by atoms with Crippen molar-refractivity contribution in [3.05, 3.63) is 167 Å². The van der Waals surface area contributed by atoms with Gasteiger partial charge >= 0.3 is 0 Å². The molecule has 0 aliphatic rings. The summed E-state index contributed by atoms with van der Waals surface area (Å²) in [5.74, 6) is 0.166. The summed E-state index contributed by atoms with van der Waals surface area (Å²) in [4.78, 5) is 0. The first-order chi connectivity index (χ1) is 18.5. The molecule has 0 spiro atoms. The summed E-state index contributed by atoms with van der Waals surface area (Å²) in [5.41, 5.74) is 4.78. The first-order valence-corrected chi connectivity index (χ1v) is 13.0. The quantitative estimate of drug-likeness (QED) is 0.226. The standard InChI is InChI=1S/2C18H15F/c2*1-13(14-8-10-18(19)11-9-14)16-7-6-15-4-2-3-5-17(15)12-16/h2*2-13H,1H3/t2*13-/m11/s1. The third-order valence-electron chi connectivity index (χ3n) is 7.29. The second-order valence-electron chi connectivity index (χ2n) is 9.76. The molecule has 6 rings (SSSR count). The summed E-state index contributed by atoms with van der Waals surface area (Å²) in [6.45, 7) is 4.30. The van der Waals surface area contributed by atoms with Crippen molar-refractivity contribution >= 4 is 21.5 Å². The number of hydrogen-bond acceptors (Lipinski definition) is 0. The molecule has 6 aromatic carbocycles. The molecule has 2 atom stereocenters. The molecule has 0 bridgehead atoms. The lowest BCUT2D eigenvalue weighted by Gasteiger charge is -2.13. The molecule has 0 unspecified atom stereocenters. The highest BCUT2D eigenvalue weighted by Crippen LogP contribution is 2.28. The SMILES string of the molecule is C[C@H](c1ccc(F)cc1)c1ccc2ccccc2c1.C[C@H](c1ccc(F)cc1)c1ccc2ccccc2c1. The summed E-state index contributed by atoms with van der Waals surface area (Å²) in [5, 5.41) is 4.98. The van der Waals surface area contributed by atoms with Gasteiger partial charge in [0.15, 0.2) is 0 Å². The van der Waals surface area contributed by atoms with Crippen molar-refractivity contribution in [2.45, 2.75) is 25.7 Å². The van der Waals surface area contributed by atoms with Gasteiger partial charge in [-0.25, -0.2) is 8.78 Å². The van der Waals surface area contributed by atoms with E-state index in [1.54, 1.807) is 0 Å². The molecule has 0 amide bonds. The number of hydrogen-bond donors (Lipinski definition) is 0. The van der Waals surface area contributed by atoms with E-state index < -0.39 is 0 Å². The van der Waals surface area contributed by atoms with E-state index in [2.05, 4.69) is 86.6 Å². The van der Waals surface area contributed by atoms with Gasteiger partial charge in [0.05, 0.1) is 0 Å². The van der Waals surface area contributed by atoms with Crippen molar-refractivity contribution < 1.29 is 8.78 Å². The second-order valence-corrected chi connectivity index (χ2v) is 9.76. The lowest BCUT2D eigenvalue weighted by Crippen LogP contribution is -1.96. The third kappa shape index (κ3) is 5.81. The van der Waals surface area contributed by atoms with Crippen molar-refractivity contribution in [2.24, 2.45) is 0 Å². The Morgan fingerprint density at radius 2 is 0.684 bits per heavy atom. The minimum absolute atomic E-state index is 0.186. The van der Waals surface area contributed by atoms with Crippen LogP contribution in [0.5, 0.6) is 0 Å². The van der Waals surface area contributed by atoms with Gasteiger partial charge < -0.3 is 0 Å². The molecule has 0 nitrogen and oxygen atoms in total. The zero-order valence-electron chi connectivity index (χ0n) is 21.6. The van der Waals surface area contributed by atoms with Crippen molar-refractivity contribution in [1.82, 2.24) is 0 Å².